The number of halogens is 1. The second kappa shape index (κ2) is 13.0. The van der Waals surface area contributed by atoms with Crippen LogP contribution in [0.25, 0.3) is 0 Å². The highest BCUT2D eigenvalue weighted by atomic mass is 127. The van der Waals surface area contributed by atoms with Gasteiger partial charge in [-0.05, 0) is 37.7 Å². The predicted octanol–water partition coefficient (Wildman–Crippen LogP) is 3.61. The van der Waals surface area contributed by atoms with Gasteiger partial charge < -0.3 is 15.5 Å². The van der Waals surface area contributed by atoms with Gasteiger partial charge in [-0.15, -0.1) is 24.0 Å². The Hall–Kier alpha value is -1.31. The Morgan fingerprint density at radius 3 is 2.44 bits per heavy atom. The van der Waals surface area contributed by atoms with Crippen molar-refractivity contribution in [3.05, 3.63) is 35.9 Å². The molecule has 2 N–H and O–H groups in total. The number of likely N-dealkylation sites (tertiary alicyclic amines) is 1. The minimum atomic E-state index is 0. The molecular formula is C21H35IN4O. The molecular weight excluding hydrogens is 451 g/mol. The molecule has 0 spiro atoms. The van der Waals surface area contributed by atoms with Crippen LogP contribution < -0.4 is 10.6 Å². The summed E-state index contributed by atoms with van der Waals surface area (Å²) in [6.07, 6.45) is 3.83. The van der Waals surface area contributed by atoms with Crippen molar-refractivity contribution >= 4 is 35.8 Å². The number of hydrogen-bond acceptors (Lipinski definition) is 2. The third-order valence-electron chi connectivity index (χ3n) is 5.23. The number of aliphatic imine (C=N–C) groups is 1. The van der Waals surface area contributed by atoms with Crippen molar-refractivity contribution in [2.75, 3.05) is 33.2 Å². The van der Waals surface area contributed by atoms with Gasteiger partial charge in [0.05, 0.1) is 0 Å². The zero-order valence-electron chi connectivity index (χ0n) is 16.9. The van der Waals surface area contributed by atoms with Crippen molar-refractivity contribution in [1.29, 1.82) is 0 Å². The summed E-state index contributed by atoms with van der Waals surface area (Å²) in [7, 11) is 1.71. The molecule has 0 saturated carbocycles. The molecule has 1 amide bonds. The standard InChI is InChI=1S/C21H34N4O.HI/c1-4-18(19-9-7-6-8-10-19)16-24-21(23-5-2)25-13-11-17(12-14-25)15-20(26)22-3;/h6-10,17-18H,4-5,11-16H2,1-3H3,(H,22,26)(H,23,24);1H. The maximum atomic E-state index is 11.6. The van der Waals surface area contributed by atoms with Crippen LogP contribution in [-0.2, 0) is 4.79 Å². The highest BCUT2D eigenvalue weighted by Gasteiger charge is 2.23. The number of rotatable bonds is 7. The van der Waals surface area contributed by atoms with Crippen molar-refractivity contribution in [2.24, 2.45) is 10.9 Å². The number of guanidine groups is 1. The Bertz CT molecular complexity index is 571. The number of piperidine rings is 1. The van der Waals surface area contributed by atoms with E-state index in [1.807, 2.05) is 0 Å². The normalized spacial score (nSPS) is 16.4. The van der Waals surface area contributed by atoms with E-state index in [9.17, 15) is 4.79 Å². The Balaban J connectivity index is 0.00000364. The van der Waals surface area contributed by atoms with Gasteiger partial charge in [-0.1, -0.05) is 37.3 Å². The molecule has 2 rings (SSSR count). The molecule has 0 bridgehead atoms. The molecule has 0 radical (unpaired) electrons. The van der Waals surface area contributed by atoms with Crippen LogP contribution in [0.3, 0.4) is 0 Å². The molecule has 0 aliphatic carbocycles. The van der Waals surface area contributed by atoms with Crippen molar-refractivity contribution < 1.29 is 4.79 Å². The molecule has 1 fully saturated rings. The lowest BCUT2D eigenvalue weighted by atomic mass is 9.93. The fourth-order valence-electron chi connectivity index (χ4n) is 3.53. The first kappa shape index (κ1) is 23.7. The van der Waals surface area contributed by atoms with Crippen molar-refractivity contribution in [3.8, 4) is 0 Å². The molecule has 1 heterocycles. The van der Waals surface area contributed by atoms with Gasteiger partial charge in [0, 0.05) is 45.6 Å². The van der Waals surface area contributed by atoms with E-state index in [1.54, 1.807) is 7.05 Å². The molecule has 152 valence electrons. The number of nitrogens with zero attached hydrogens (tertiary/aromatic N) is 2. The van der Waals surface area contributed by atoms with E-state index in [0.717, 1.165) is 51.4 Å². The van der Waals surface area contributed by atoms with Crippen LogP contribution in [0, 0.1) is 5.92 Å². The van der Waals surface area contributed by atoms with Crippen LogP contribution in [0.15, 0.2) is 35.3 Å². The topological polar surface area (TPSA) is 56.7 Å². The van der Waals surface area contributed by atoms with Gasteiger partial charge in [-0.2, -0.15) is 0 Å². The average molecular weight is 486 g/mol. The number of carbonyl (C=O) groups excluding carboxylic acids is 1. The van der Waals surface area contributed by atoms with Gasteiger partial charge in [-0.3, -0.25) is 9.79 Å². The van der Waals surface area contributed by atoms with Gasteiger partial charge in [0.1, 0.15) is 0 Å². The van der Waals surface area contributed by atoms with Crippen LogP contribution >= 0.6 is 24.0 Å². The largest absolute Gasteiger partial charge is 0.359 e. The Morgan fingerprint density at radius 1 is 1.22 bits per heavy atom. The summed E-state index contributed by atoms with van der Waals surface area (Å²) < 4.78 is 0. The number of benzene rings is 1. The molecule has 1 aromatic rings. The highest BCUT2D eigenvalue weighted by Crippen LogP contribution is 2.22. The SMILES string of the molecule is CCNC(=NCC(CC)c1ccccc1)N1CCC(CC(=O)NC)CC1.I. The smallest absolute Gasteiger partial charge is 0.220 e. The number of hydrogen-bond donors (Lipinski definition) is 2. The Kier molecular flexibility index (Phi) is 11.4. The zero-order chi connectivity index (χ0) is 18.8. The third-order valence-corrected chi connectivity index (χ3v) is 5.23. The summed E-state index contributed by atoms with van der Waals surface area (Å²) in [5.41, 5.74) is 1.36. The summed E-state index contributed by atoms with van der Waals surface area (Å²) >= 11 is 0. The Morgan fingerprint density at radius 2 is 1.89 bits per heavy atom. The predicted molar refractivity (Wildman–Crippen MR) is 124 cm³/mol. The fraction of sp³-hybridized carbons (Fsp3) is 0.619. The monoisotopic (exact) mass is 486 g/mol. The molecule has 0 aromatic heterocycles. The number of amides is 1. The molecule has 1 aliphatic rings. The van der Waals surface area contributed by atoms with E-state index < -0.39 is 0 Å². The molecule has 1 saturated heterocycles. The van der Waals surface area contributed by atoms with Gasteiger partial charge in [0.2, 0.25) is 5.91 Å². The second-order valence-electron chi connectivity index (χ2n) is 7.02. The van der Waals surface area contributed by atoms with Crippen LogP contribution in [0.2, 0.25) is 0 Å². The molecule has 6 heteroatoms. The van der Waals surface area contributed by atoms with Crippen LogP contribution in [0.4, 0.5) is 0 Å². The highest BCUT2D eigenvalue weighted by molar-refractivity contribution is 14.0. The van der Waals surface area contributed by atoms with Crippen molar-refractivity contribution in [2.45, 2.75) is 45.4 Å². The van der Waals surface area contributed by atoms with Crippen LogP contribution in [-0.4, -0.2) is 50.0 Å². The fourth-order valence-corrected chi connectivity index (χ4v) is 3.53. The number of nitrogens with one attached hydrogen (secondary N) is 2. The summed E-state index contributed by atoms with van der Waals surface area (Å²) in [6, 6.07) is 10.7. The lowest BCUT2D eigenvalue weighted by Crippen LogP contribution is -2.46. The van der Waals surface area contributed by atoms with Crippen molar-refractivity contribution in [1.82, 2.24) is 15.5 Å². The van der Waals surface area contributed by atoms with Gasteiger partial charge in [0.25, 0.3) is 0 Å². The molecule has 27 heavy (non-hydrogen) atoms. The number of carbonyl (C=O) groups is 1. The quantitative estimate of drug-likeness (QED) is 0.352. The first-order chi connectivity index (χ1) is 12.7. The average Bonchev–Trinajstić information content (AvgIpc) is 2.69. The van der Waals surface area contributed by atoms with E-state index in [-0.39, 0.29) is 29.9 Å². The molecule has 5 nitrogen and oxygen atoms in total. The maximum Gasteiger partial charge on any atom is 0.220 e. The Labute approximate surface area is 181 Å². The van der Waals surface area contributed by atoms with Crippen LogP contribution in [0.1, 0.15) is 51.0 Å². The second-order valence-corrected chi connectivity index (χ2v) is 7.02. The minimum Gasteiger partial charge on any atom is -0.359 e. The molecule has 1 aromatic carbocycles. The van der Waals surface area contributed by atoms with E-state index in [1.165, 1.54) is 5.56 Å². The first-order valence-corrected chi connectivity index (χ1v) is 9.96. The minimum absolute atomic E-state index is 0. The summed E-state index contributed by atoms with van der Waals surface area (Å²) in [5, 5.41) is 6.18. The molecule has 1 unspecified atom stereocenters. The van der Waals surface area contributed by atoms with Crippen LogP contribution in [0.5, 0.6) is 0 Å². The molecule has 1 aliphatic heterocycles. The van der Waals surface area contributed by atoms with E-state index in [0.29, 0.717) is 18.3 Å². The third kappa shape index (κ3) is 7.68. The summed E-state index contributed by atoms with van der Waals surface area (Å²) in [4.78, 5) is 18.9. The first-order valence-electron chi connectivity index (χ1n) is 9.96. The summed E-state index contributed by atoms with van der Waals surface area (Å²) in [6.45, 7) is 7.96. The van der Waals surface area contributed by atoms with E-state index in [4.69, 9.17) is 4.99 Å². The van der Waals surface area contributed by atoms with E-state index in [2.05, 4.69) is 59.7 Å². The maximum absolute atomic E-state index is 11.6. The van der Waals surface area contributed by atoms with Gasteiger partial charge in [-0.25, -0.2) is 0 Å². The molecule has 1 atom stereocenters. The summed E-state index contributed by atoms with van der Waals surface area (Å²) in [5.74, 6) is 2.11. The lowest BCUT2D eigenvalue weighted by Gasteiger charge is -2.34. The van der Waals surface area contributed by atoms with E-state index >= 15 is 0 Å². The van der Waals surface area contributed by atoms with Gasteiger partial charge >= 0.3 is 0 Å². The zero-order valence-corrected chi connectivity index (χ0v) is 19.2. The van der Waals surface area contributed by atoms with Gasteiger partial charge in [0.15, 0.2) is 5.96 Å². The lowest BCUT2D eigenvalue weighted by molar-refractivity contribution is -0.121. The van der Waals surface area contributed by atoms with Crippen molar-refractivity contribution in [3.63, 3.8) is 0 Å².